The van der Waals surface area contributed by atoms with Crippen molar-refractivity contribution in [3.05, 3.63) is 0 Å². The zero-order valence-electron chi connectivity index (χ0n) is 12.3. The van der Waals surface area contributed by atoms with Crippen LogP contribution >= 0.6 is 0 Å². The van der Waals surface area contributed by atoms with Crippen LogP contribution < -0.4 is 34.7 Å². The van der Waals surface area contributed by atoms with Gasteiger partial charge in [0.05, 0.1) is 6.42 Å². The van der Waals surface area contributed by atoms with Crippen LogP contribution in [0.4, 0.5) is 0 Å². The summed E-state index contributed by atoms with van der Waals surface area (Å²) < 4.78 is 0. The number of carboxylic acid groups (broad SMARTS) is 2. The Hall–Kier alpha value is -0.0600. The third-order valence-corrected chi connectivity index (χ3v) is 3.16. The fourth-order valence-electron chi connectivity index (χ4n) is 2.04. The normalized spacial score (nSPS) is 11.6. The van der Waals surface area contributed by atoms with E-state index >= 15 is 0 Å². The third-order valence-electron chi connectivity index (χ3n) is 3.16. The number of carbonyl (C=O) groups excluding carboxylic acids is 1. The molecule has 0 fully saturated rings. The molecule has 0 aliphatic heterocycles. The third kappa shape index (κ3) is 14.2. The molecule has 0 radical (unpaired) electrons. The molecule has 0 saturated carbocycles. The second-order valence-corrected chi connectivity index (χ2v) is 4.88. The summed E-state index contributed by atoms with van der Waals surface area (Å²) in [4.78, 5) is 21.2. The van der Waals surface area contributed by atoms with E-state index in [0.29, 0.717) is 6.42 Å². The van der Waals surface area contributed by atoms with Crippen LogP contribution in [-0.4, -0.2) is 17.0 Å². The quantitative estimate of drug-likeness (QED) is 0.381. The van der Waals surface area contributed by atoms with Crippen LogP contribution in [0.2, 0.25) is 0 Å². The van der Waals surface area contributed by atoms with E-state index in [1.54, 1.807) is 0 Å². The number of unbranched alkanes of at least 4 members (excludes halogenated alkanes) is 7. The first-order chi connectivity index (χ1) is 8.57. The van der Waals surface area contributed by atoms with Gasteiger partial charge in [0.25, 0.3) is 0 Å². The van der Waals surface area contributed by atoms with Gasteiger partial charge in [0.15, 0.2) is 0 Å². The average molecular weight is 280 g/mol. The predicted octanol–water partition coefficient (Wildman–Crippen LogP) is -0.638. The molecule has 0 aromatic heterocycles. The molecule has 106 valence electrons. The van der Waals surface area contributed by atoms with E-state index in [9.17, 15) is 14.7 Å². The van der Waals surface area contributed by atoms with Gasteiger partial charge in [-0.2, -0.15) is 0 Å². The Labute approximate surface area is 138 Å². The first-order valence-electron chi connectivity index (χ1n) is 7.00. The molecule has 0 saturated heterocycles. The standard InChI is InChI=1S/C14H26O4.Na/c1-2-3-4-5-6-7-8-9-10-12(14(17)18)11-13(15)16;/h12H,2-11H2,1H3,(H,15,16)(H,17,18);/q;+1/p-1. The molecular formula is C14H25NaO4. The molecule has 0 spiro atoms. The first-order valence-corrected chi connectivity index (χ1v) is 7.00. The van der Waals surface area contributed by atoms with Gasteiger partial charge < -0.3 is 15.0 Å². The number of hydrogen-bond donors (Lipinski definition) is 1. The molecule has 19 heavy (non-hydrogen) atoms. The Morgan fingerprint density at radius 3 is 1.89 bits per heavy atom. The fraction of sp³-hybridized carbons (Fsp3) is 0.857. The number of carbonyl (C=O) groups is 2. The summed E-state index contributed by atoms with van der Waals surface area (Å²) in [6, 6.07) is 0. The fourth-order valence-corrected chi connectivity index (χ4v) is 2.04. The molecule has 1 atom stereocenters. The van der Waals surface area contributed by atoms with Crippen molar-refractivity contribution in [2.45, 2.75) is 71.1 Å². The second kappa shape index (κ2) is 14.4. The molecule has 1 N–H and O–H groups in total. The largest absolute Gasteiger partial charge is 1.00 e. The summed E-state index contributed by atoms with van der Waals surface area (Å²) in [5.74, 6) is -3.13. The summed E-state index contributed by atoms with van der Waals surface area (Å²) in [6.07, 6.45) is 9.20. The van der Waals surface area contributed by atoms with Crippen molar-refractivity contribution < 1.29 is 49.4 Å². The summed E-state index contributed by atoms with van der Waals surface area (Å²) in [5, 5.41) is 19.3. The van der Waals surface area contributed by atoms with E-state index in [2.05, 4.69) is 6.92 Å². The minimum Gasteiger partial charge on any atom is -0.550 e. The van der Waals surface area contributed by atoms with Crippen LogP contribution in [0.25, 0.3) is 0 Å². The maximum absolute atomic E-state index is 10.7. The van der Waals surface area contributed by atoms with Gasteiger partial charge in [0, 0.05) is 11.9 Å². The van der Waals surface area contributed by atoms with Crippen LogP contribution in [0.3, 0.4) is 0 Å². The van der Waals surface area contributed by atoms with Gasteiger partial charge in [-0.05, 0) is 6.42 Å². The molecule has 0 aromatic carbocycles. The van der Waals surface area contributed by atoms with E-state index in [1.165, 1.54) is 32.1 Å². The molecule has 5 heteroatoms. The topological polar surface area (TPSA) is 77.4 Å². The van der Waals surface area contributed by atoms with Crippen molar-refractivity contribution in [2.24, 2.45) is 5.92 Å². The summed E-state index contributed by atoms with van der Waals surface area (Å²) in [5.41, 5.74) is 0. The number of aliphatic carboxylic acids is 2. The molecule has 0 aliphatic carbocycles. The maximum Gasteiger partial charge on any atom is 1.00 e. The second-order valence-electron chi connectivity index (χ2n) is 4.88. The van der Waals surface area contributed by atoms with Crippen molar-refractivity contribution in [1.82, 2.24) is 0 Å². The van der Waals surface area contributed by atoms with E-state index in [1.807, 2.05) is 0 Å². The van der Waals surface area contributed by atoms with Crippen LogP contribution in [-0.2, 0) is 9.59 Å². The van der Waals surface area contributed by atoms with Gasteiger partial charge in [0.1, 0.15) is 0 Å². The molecular weight excluding hydrogens is 255 g/mol. The van der Waals surface area contributed by atoms with Crippen LogP contribution in [0.15, 0.2) is 0 Å². The summed E-state index contributed by atoms with van der Waals surface area (Å²) in [7, 11) is 0. The van der Waals surface area contributed by atoms with Crippen molar-refractivity contribution in [2.75, 3.05) is 0 Å². The molecule has 1 unspecified atom stereocenters. The van der Waals surface area contributed by atoms with Gasteiger partial charge in [-0.1, -0.05) is 58.3 Å². The van der Waals surface area contributed by atoms with Gasteiger partial charge in [-0.25, -0.2) is 0 Å². The van der Waals surface area contributed by atoms with Gasteiger partial charge in [-0.15, -0.1) is 0 Å². The maximum atomic E-state index is 10.7. The minimum absolute atomic E-state index is 0. The smallest absolute Gasteiger partial charge is 0.550 e. The Morgan fingerprint density at radius 1 is 1.00 bits per heavy atom. The van der Waals surface area contributed by atoms with Crippen molar-refractivity contribution in [3.63, 3.8) is 0 Å². The first kappa shape index (κ1) is 21.2. The van der Waals surface area contributed by atoms with Gasteiger partial charge >= 0.3 is 35.5 Å². The zero-order valence-corrected chi connectivity index (χ0v) is 14.3. The Kier molecular flexibility index (Phi) is 16.0. The molecule has 0 heterocycles. The molecule has 0 aliphatic rings. The Balaban J connectivity index is 0. The Morgan fingerprint density at radius 2 is 1.47 bits per heavy atom. The predicted molar refractivity (Wildman–Crippen MR) is 68.0 cm³/mol. The van der Waals surface area contributed by atoms with E-state index in [4.69, 9.17) is 5.11 Å². The average Bonchev–Trinajstić information content (AvgIpc) is 2.30. The number of carboxylic acids is 2. The van der Waals surface area contributed by atoms with Gasteiger partial charge in [0.2, 0.25) is 0 Å². The molecule has 0 aromatic rings. The molecule has 0 bridgehead atoms. The molecule has 0 amide bonds. The number of hydrogen-bond acceptors (Lipinski definition) is 3. The SMILES string of the molecule is CCCCCCCCCCC(CC(=O)O)C(=O)[O-].[Na+]. The molecule has 0 rings (SSSR count). The monoisotopic (exact) mass is 280 g/mol. The van der Waals surface area contributed by atoms with Crippen LogP contribution in [0, 0.1) is 5.92 Å². The van der Waals surface area contributed by atoms with Crippen LogP contribution in [0.5, 0.6) is 0 Å². The summed E-state index contributed by atoms with van der Waals surface area (Å²) >= 11 is 0. The van der Waals surface area contributed by atoms with E-state index < -0.39 is 17.9 Å². The van der Waals surface area contributed by atoms with Gasteiger partial charge in [-0.3, -0.25) is 4.79 Å². The van der Waals surface area contributed by atoms with Crippen molar-refractivity contribution in [1.29, 1.82) is 0 Å². The molecule has 4 nitrogen and oxygen atoms in total. The van der Waals surface area contributed by atoms with E-state index in [-0.39, 0.29) is 36.0 Å². The minimum atomic E-state index is -1.24. The van der Waals surface area contributed by atoms with Crippen molar-refractivity contribution >= 4 is 11.9 Å². The number of rotatable bonds is 12. The zero-order chi connectivity index (χ0) is 13.8. The summed E-state index contributed by atoms with van der Waals surface area (Å²) in [6.45, 7) is 2.18. The Bertz CT molecular complexity index is 244. The van der Waals surface area contributed by atoms with E-state index in [0.717, 1.165) is 19.3 Å². The van der Waals surface area contributed by atoms with Crippen molar-refractivity contribution in [3.8, 4) is 0 Å². The van der Waals surface area contributed by atoms with Crippen LogP contribution in [0.1, 0.15) is 71.1 Å².